The van der Waals surface area contributed by atoms with Crippen LogP contribution >= 0.6 is 0 Å². The van der Waals surface area contributed by atoms with Crippen LogP contribution in [-0.4, -0.2) is 31.0 Å². The molecule has 0 saturated carbocycles. The SMILES string of the molecule is CC[C@@H](C)N(Cc1ccc(OS(=O)(=O)CC)cc1)C(=O)Cc1ccccc1. The summed E-state index contributed by atoms with van der Waals surface area (Å²) in [6, 6.07) is 16.6. The maximum absolute atomic E-state index is 12.8. The summed E-state index contributed by atoms with van der Waals surface area (Å²) in [5, 5.41) is 0. The van der Waals surface area contributed by atoms with E-state index in [-0.39, 0.29) is 23.5 Å². The van der Waals surface area contributed by atoms with Crippen LogP contribution < -0.4 is 4.18 Å². The molecule has 0 spiro atoms. The fourth-order valence-electron chi connectivity index (χ4n) is 2.63. The van der Waals surface area contributed by atoms with E-state index >= 15 is 0 Å². The maximum Gasteiger partial charge on any atom is 0.308 e. The predicted molar refractivity (Wildman–Crippen MR) is 107 cm³/mol. The molecule has 0 heterocycles. The van der Waals surface area contributed by atoms with Crippen LogP contribution in [0.25, 0.3) is 0 Å². The van der Waals surface area contributed by atoms with Crippen molar-refractivity contribution in [1.82, 2.24) is 4.90 Å². The van der Waals surface area contributed by atoms with Gasteiger partial charge in [0.15, 0.2) is 0 Å². The van der Waals surface area contributed by atoms with Gasteiger partial charge in [-0.25, -0.2) is 0 Å². The van der Waals surface area contributed by atoms with E-state index in [9.17, 15) is 13.2 Å². The molecule has 1 amide bonds. The molecule has 2 aromatic rings. The molecule has 0 unspecified atom stereocenters. The van der Waals surface area contributed by atoms with E-state index in [1.165, 1.54) is 6.92 Å². The highest BCUT2D eigenvalue weighted by Crippen LogP contribution is 2.18. The van der Waals surface area contributed by atoms with Gasteiger partial charge in [0.2, 0.25) is 5.91 Å². The minimum atomic E-state index is -3.54. The van der Waals surface area contributed by atoms with Crippen LogP contribution in [0.5, 0.6) is 5.75 Å². The first-order chi connectivity index (χ1) is 12.8. The maximum atomic E-state index is 12.8. The van der Waals surface area contributed by atoms with Crippen molar-refractivity contribution in [2.45, 2.75) is 46.2 Å². The molecule has 0 N–H and O–H groups in total. The van der Waals surface area contributed by atoms with Crippen molar-refractivity contribution >= 4 is 16.0 Å². The Hall–Kier alpha value is -2.34. The average molecular weight is 390 g/mol. The number of hydrogen-bond acceptors (Lipinski definition) is 4. The first kappa shape index (κ1) is 21.0. The molecule has 0 radical (unpaired) electrons. The van der Waals surface area contributed by atoms with Gasteiger partial charge < -0.3 is 9.08 Å². The van der Waals surface area contributed by atoms with Crippen LogP contribution in [0, 0.1) is 0 Å². The lowest BCUT2D eigenvalue weighted by molar-refractivity contribution is -0.133. The van der Waals surface area contributed by atoms with Crippen molar-refractivity contribution in [3.63, 3.8) is 0 Å². The molecular formula is C21H27NO4S. The summed E-state index contributed by atoms with van der Waals surface area (Å²) >= 11 is 0. The molecule has 27 heavy (non-hydrogen) atoms. The van der Waals surface area contributed by atoms with Crippen LogP contribution in [0.1, 0.15) is 38.3 Å². The zero-order chi connectivity index (χ0) is 19.9. The Morgan fingerprint density at radius 3 is 2.19 bits per heavy atom. The predicted octanol–water partition coefficient (Wildman–Crippen LogP) is 3.78. The van der Waals surface area contributed by atoms with Crippen LogP contribution in [0.4, 0.5) is 0 Å². The second-order valence-electron chi connectivity index (χ2n) is 6.51. The molecule has 146 valence electrons. The van der Waals surface area contributed by atoms with Crippen molar-refractivity contribution in [3.05, 3.63) is 65.7 Å². The zero-order valence-electron chi connectivity index (χ0n) is 16.1. The molecule has 0 fully saturated rings. The lowest BCUT2D eigenvalue weighted by atomic mass is 10.1. The second kappa shape index (κ2) is 9.55. The topological polar surface area (TPSA) is 63.7 Å². The lowest BCUT2D eigenvalue weighted by Crippen LogP contribution is -2.38. The highest BCUT2D eigenvalue weighted by atomic mass is 32.2. The minimum absolute atomic E-state index is 0.0736. The molecule has 6 heteroatoms. The average Bonchev–Trinajstić information content (AvgIpc) is 2.67. The smallest absolute Gasteiger partial charge is 0.308 e. The van der Waals surface area contributed by atoms with E-state index in [1.54, 1.807) is 24.3 Å². The Labute approximate surface area is 162 Å². The Bertz CT molecular complexity index is 832. The summed E-state index contributed by atoms with van der Waals surface area (Å²) < 4.78 is 28.1. The van der Waals surface area contributed by atoms with Gasteiger partial charge in [-0.3, -0.25) is 4.79 Å². The Kier molecular flexibility index (Phi) is 7.42. The van der Waals surface area contributed by atoms with Crippen molar-refractivity contribution in [2.24, 2.45) is 0 Å². The summed E-state index contributed by atoms with van der Waals surface area (Å²) in [5.74, 6) is 0.278. The Balaban J connectivity index is 2.10. The van der Waals surface area contributed by atoms with Crippen molar-refractivity contribution in [3.8, 4) is 5.75 Å². The third-order valence-corrected chi connectivity index (χ3v) is 5.65. The highest BCUT2D eigenvalue weighted by Gasteiger charge is 2.19. The largest absolute Gasteiger partial charge is 0.382 e. The van der Waals surface area contributed by atoms with E-state index in [0.29, 0.717) is 13.0 Å². The summed E-state index contributed by atoms with van der Waals surface area (Å²) in [6.45, 7) is 6.10. The van der Waals surface area contributed by atoms with Gasteiger partial charge >= 0.3 is 10.1 Å². The van der Waals surface area contributed by atoms with Crippen LogP contribution in [0.15, 0.2) is 54.6 Å². The van der Waals surface area contributed by atoms with Crippen molar-refractivity contribution in [1.29, 1.82) is 0 Å². The molecule has 1 atom stereocenters. The summed E-state index contributed by atoms with van der Waals surface area (Å²) in [5.41, 5.74) is 1.92. The number of rotatable bonds is 9. The number of nitrogens with zero attached hydrogens (tertiary/aromatic N) is 1. The molecular weight excluding hydrogens is 362 g/mol. The minimum Gasteiger partial charge on any atom is -0.382 e. The van der Waals surface area contributed by atoms with Gasteiger partial charge in [-0.2, -0.15) is 8.42 Å². The molecule has 0 aliphatic carbocycles. The first-order valence-corrected chi connectivity index (χ1v) is 10.8. The van der Waals surface area contributed by atoms with Gasteiger partial charge in [0.1, 0.15) is 5.75 Å². The number of hydrogen-bond donors (Lipinski definition) is 0. The van der Waals surface area contributed by atoms with Crippen LogP contribution in [0.3, 0.4) is 0 Å². The molecule has 0 aliphatic rings. The first-order valence-electron chi connectivity index (χ1n) is 9.19. The van der Waals surface area contributed by atoms with Crippen molar-refractivity contribution < 1.29 is 17.4 Å². The summed E-state index contributed by atoms with van der Waals surface area (Å²) in [6.07, 6.45) is 1.22. The molecule has 0 bridgehead atoms. The van der Waals surface area contributed by atoms with Gasteiger partial charge in [-0.15, -0.1) is 0 Å². The fourth-order valence-corrected chi connectivity index (χ4v) is 3.16. The third kappa shape index (κ3) is 6.40. The number of carbonyl (C=O) groups is 1. The van der Waals surface area contributed by atoms with E-state index < -0.39 is 10.1 Å². The second-order valence-corrected chi connectivity index (χ2v) is 8.37. The van der Waals surface area contributed by atoms with Gasteiger partial charge in [0.25, 0.3) is 0 Å². The molecule has 0 aliphatic heterocycles. The lowest BCUT2D eigenvalue weighted by Gasteiger charge is -2.29. The molecule has 2 aromatic carbocycles. The molecule has 0 saturated heterocycles. The normalized spacial score (nSPS) is 12.4. The number of benzene rings is 2. The number of carbonyl (C=O) groups excluding carboxylic acids is 1. The van der Waals surface area contributed by atoms with Gasteiger partial charge in [-0.05, 0) is 43.5 Å². The Morgan fingerprint density at radius 1 is 1.00 bits per heavy atom. The highest BCUT2D eigenvalue weighted by molar-refractivity contribution is 7.87. The van der Waals surface area contributed by atoms with E-state index in [0.717, 1.165) is 17.5 Å². The fraction of sp³-hybridized carbons (Fsp3) is 0.381. The summed E-state index contributed by atoms with van der Waals surface area (Å²) in [4.78, 5) is 14.7. The molecule has 5 nitrogen and oxygen atoms in total. The number of amides is 1. The van der Waals surface area contributed by atoms with Crippen molar-refractivity contribution in [2.75, 3.05) is 5.75 Å². The van der Waals surface area contributed by atoms with Crippen LogP contribution in [0.2, 0.25) is 0 Å². The Morgan fingerprint density at radius 2 is 1.63 bits per heavy atom. The van der Waals surface area contributed by atoms with E-state index in [4.69, 9.17) is 4.18 Å². The van der Waals surface area contributed by atoms with Crippen LogP contribution in [-0.2, 0) is 27.9 Å². The molecule has 2 rings (SSSR count). The van der Waals surface area contributed by atoms with E-state index in [1.807, 2.05) is 42.2 Å². The molecule has 0 aromatic heterocycles. The van der Waals surface area contributed by atoms with E-state index in [2.05, 4.69) is 6.92 Å². The zero-order valence-corrected chi connectivity index (χ0v) is 16.9. The summed E-state index contributed by atoms with van der Waals surface area (Å²) in [7, 11) is -3.54. The third-order valence-electron chi connectivity index (χ3n) is 4.49. The van der Waals surface area contributed by atoms with Gasteiger partial charge in [-0.1, -0.05) is 49.4 Å². The van der Waals surface area contributed by atoms with Gasteiger partial charge in [0.05, 0.1) is 12.2 Å². The quantitative estimate of drug-likeness (QED) is 0.612. The van der Waals surface area contributed by atoms with Gasteiger partial charge in [0, 0.05) is 12.6 Å². The standard InChI is InChI=1S/C21H27NO4S/c1-4-17(3)22(21(23)15-18-9-7-6-8-10-18)16-19-11-13-20(14-12-19)26-27(24,25)5-2/h6-14,17H,4-5,15-16H2,1-3H3/t17-/m1/s1. The monoisotopic (exact) mass is 389 g/mol.